The smallest absolute Gasteiger partial charge is 0.416 e. The van der Waals surface area contributed by atoms with E-state index in [2.05, 4.69) is 0 Å². The summed E-state index contributed by atoms with van der Waals surface area (Å²) in [6.07, 6.45) is -4.53. The largest absolute Gasteiger partial charge is 0.487 e. The van der Waals surface area contributed by atoms with Crippen molar-refractivity contribution in [1.82, 2.24) is 0 Å². The standard InChI is InChI=1S/C9H10F4N2O/c10-1-2-16-8-6(14)3-5(4-7(8)15)9(11,12)13/h3-4H,1-2,14-15H2. The van der Waals surface area contributed by atoms with Gasteiger partial charge in [-0.2, -0.15) is 13.2 Å². The van der Waals surface area contributed by atoms with Gasteiger partial charge in [0.15, 0.2) is 5.75 Å². The van der Waals surface area contributed by atoms with Crippen LogP contribution in [0.2, 0.25) is 0 Å². The molecule has 0 saturated heterocycles. The fourth-order valence-electron chi connectivity index (χ4n) is 1.15. The molecule has 0 heterocycles. The second kappa shape index (κ2) is 4.46. The molecule has 0 spiro atoms. The van der Waals surface area contributed by atoms with Crippen molar-refractivity contribution in [1.29, 1.82) is 0 Å². The van der Waals surface area contributed by atoms with Gasteiger partial charge in [0.25, 0.3) is 0 Å². The predicted molar refractivity (Wildman–Crippen MR) is 51.7 cm³/mol. The molecule has 1 rings (SSSR count). The molecule has 0 saturated carbocycles. The van der Waals surface area contributed by atoms with Crippen LogP contribution in [0.3, 0.4) is 0 Å². The van der Waals surface area contributed by atoms with Gasteiger partial charge in [-0.15, -0.1) is 0 Å². The molecular weight excluding hydrogens is 228 g/mol. The third kappa shape index (κ3) is 2.68. The molecule has 4 N–H and O–H groups in total. The molecule has 7 heteroatoms. The van der Waals surface area contributed by atoms with Gasteiger partial charge in [-0.05, 0) is 12.1 Å². The van der Waals surface area contributed by atoms with Crippen molar-refractivity contribution in [2.45, 2.75) is 6.18 Å². The first-order valence-corrected chi connectivity index (χ1v) is 4.31. The van der Waals surface area contributed by atoms with E-state index in [1.54, 1.807) is 0 Å². The lowest BCUT2D eigenvalue weighted by atomic mass is 10.1. The van der Waals surface area contributed by atoms with E-state index in [0.717, 1.165) is 0 Å². The zero-order valence-corrected chi connectivity index (χ0v) is 8.14. The molecule has 1 aromatic rings. The molecule has 0 amide bonds. The Balaban J connectivity index is 3.08. The number of nitrogens with two attached hydrogens (primary N) is 2. The van der Waals surface area contributed by atoms with Crippen LogP contribution in [0.5, 0.6) is 5.75 Å². The molecule has 0 aliphatic carbocycles. The molecule has 0 aliphatic heterocycles. The lowest BCUT2D eigenvalue weighted by Gasteiger charge is -2.13. The molecule has 0 atom stereocenters. The van der Waals surface area contributed by atoms with E-state index in [1.807, 2.05) is 0 Å². The number of ether oxygens (including phenoxy) is 1. The summed E-state index contributed by atoms with van der Waals surface area (Å²) in [6, 6.07) is 1.40. The van der Waals surface area contributed by atoms with Crippen molar-refractivity contribution in [3.8, 4) is 5.75 Å². The Morgan fingerprint density at radius 2 is 1.62 bits per heavy atom. The van der Waals surface area contributed by atoms with Crippen molar-refractivity contribution >= 4 is 11.4 Å². The molecule has 0 unspecified atom stereocenters. The minimum atomic E-state index is -4.53. The van der Waals surface area contributed by atoms with Crippen molar-refractivity contribution in [2.24, 2.45) is 0 Å². The topological polar surface area (TPSA) is 61.3 Å². The number of benzene rings is 1. The minimum absolute atomic E-state index is 0.120. The van der Waals surface area contributed by atoms with Gasteiger partial charge in [-0.1, -0.05) is 0 Å². The summed E-state index contributed by atoms with van der Waals surface area (Å²) in [7, 11) is 0. The molecule has 0 bridgehead atoms. The van der Waals surface area contributed by atoms with Crippen LogP contribution in [-0.4, -0.2) is 13.3 Å². The normalized spacial score (nSPS) is 11.5. The number of anilines is 2. The highest BCUT2D eigenvalue weighted by molar-refractivity contribution is 5.69. The number of halogens is 4. The molecule has 90 valence electrons. The number of rotatable bonds is 3. The van der Waals surface area contributed by atoms with E-state index < -0.39 is 18.4 Å². The summed E-state index contributed by atoms with van der Waals surface area (Å²) in [5.41, 5.74) is 9.18. The van der Waals surface area contributed by atoms with E-state index in [4.69, 9.17) is 16.2 Å². The van der Waals surface area contributed by atoms with E-state index in [0.29, 0.717) is 12.1 Å². The SMILES string of the molecule is Nc1cc(C(F)(F)F)cc(N)c1OCCF. The third-order valence-corrected chi connectivity index (χ3v) is 1.80. The van der Waals surface area contributed by atoms with Gasteiger partial charge >= 0.3 is 6.18 Å². The summed E-state index contributed by atoms with van der Waals surface area (Å²) in [5, 5.41) is 0. The average Bonchev–Trinajstić information content (AvgIpc) is 2.15. The number of hydrogen-bond acceptors (Lipinski definition) is 3. The van der Waals surface area contributed by atoms with Crippen molar-refractivity contribution < 1.29 is 22.3 Å². The van der Waals surface area contributed by atoms with Crippen LogP contribution in [0.15, 0.2) is 12.1 Å². The van der Waals surface area contributed by atoms with E-state index in [1.165, 1.54) is 0 Å². The lowest BCUT2D eigenvalue weighted by molar-refractivity contribution is -0.137. The van der Waals surface area contributed by atoms with Gasteiger partial charge in [0.1, 0.15) is 13.3 Å². The number of hydrogen-bond donors (Lipinski definition) is 2. The maximum Gasteiger partial charge on any atom is 0.416 e. The van der Waals surface area contributed by atoms with Crippen LogP contribution in [0.4, 0.5) is 28.9 Å². The second-order valence-corrected chi connectivity index (χ2v) is 3.02. The maximum absolute atomic E-state index is 12.3. The quantitative estimate of drug-likeness (QED) is 0.627. The highest BCUT2D eigenvalue weighted by atomic mass is 19.4. The van der Waals surface area contributed by atoms with Crippen LogP contribution >= 0.6 is 0 Å². The molecule has 0 aliphatic rings. The van der Waals surface area contributed by atoms with Gasteiger partial charge in [-0.25, -0.2) is 4.39 Å². The Bertz CT molecular complexity index is 355. The summed E-state index contributed by atoms with van der Waals surface area (Å²) in [5.74, 6) is -0.120. The Kier molecular flexibility index (Phi) is 3.46. The monoisotopic (exact) mass is 238 g/mol. The maximum atomic E-state index is 12.3. The summed E-state index contributed by atoms with van der Waals surface area (Å²) >= 11 is 0. The van der Waals surface area contributed by atoms with Crippen LogP contribution in [-0.2, 0) is 6.18 Å². The first-order chi connectivity index (χ1) is 7.36. The van der Waals surface area contributed by atoms with E-state index in [9.17, 15) is 17.6 Å². The summed E-state index contributed by atoms with van der Waals surface area (Å²) in [6.45, 7) is -1.08. The predicted octanol–water partition coefficient (Wildman–Crippen LogP) is 2.22. The first-order valence-electron chi connectivity index (χ1n) is 4.31. The second-order valence-electron chi connectivity index (χ2n) is 3.02. The summed E-state index contributed by atoms with van der Waals surface area (Å²) < 4.78 is 53.6. The van der Waals surface area contributed by atoms with Crippen LogP contribution in [0.25, 0.3) is 0 Å². The van der Waals surface area contributed by atoms with E-state index in [-0.39, 0.29) is 23.7 Å². The highest BCUT2D eigenvalue weighted by Crippen LogP contribution is 2.37. The number of nitrogen functional groups attached to an aromatic ring is 2. The fraction of sp³-hybridized carbons (Fsp3) is 0.333. The summed E-state index contributed by atoms with van der Waals surface area (Å²) in [4.78, 5) is 0. The minimum Gasteiger partial charge on any atom is -0.487 e. The average molecular weight is 238 g/mol. The van der Waals surface area contributed by atoms with Gasteiger partial charge in [0.05, 0.1) is 16.9 Å². The molecular formula is C9H10F4N2O. The molecule has 0 aromatic heterocycles. The first kappa shape index (κ1) is 12.4. The van der Waals surface area contributed by atoms with Crippen molar-refractivity contribution in [2.75, 3.05) is 24.7 Å². The van der Waals surface area contributed by atoms with Gasteiger partial charge in [-0.3, -0.25) is 0 Å². The van der Waals surface area contributed by atoms with Gasteiger partial charge in [0, 0.05) is 0 Å². The van der Waals surface area contributed by atoms with Crippen LogP contribution < -0.4 is 16.2 Å². The van der Waals surface area contributed by atoms with Crippen LogP contribution in [0.1, 0.15) is 5.56 Å². The van der Waals surface area contributed by atoms with Gasteiger partial charge in [0.2, 0.25) is 0 Å². The fourth-order valence-corrected chi connectivity index (χ4v) is 1.15. The van der Waals surface area contributed by atoms with Gasteiger partial charge < -0.3 is 16.2 Å². The molecule has 0 fully saturated rings. The number of alkyl halides is 4. The Morgan fingerprint density at radius 3 is 2.00 bits per heavy atom. The van der Waals surface area contributed by atoms with Crippen molar-refractivity contribution in [3.63, 3.8) is 0 Å². The molecule has 1 aromatic carbocycles. The van der Waals surface area contributed by atoms with Crippen LogP contribution in [0, 0.1) is 0 Å². The van der Waals surface area contributed by atoms with E-state index >= 15 is 0 Å². The Hall–Kier alpha value is -1.66. The Morgan fingerprint density at radius 1 is 1.12 bits per heavy atom. The molecule has 3 nitrogen and oxygen atoms in total. The molecule has 0 radical (unpaired) electrons. The van der Waals surface area contributed by atoms with Crippen molar-refractivity contribution in [3.05, 3.63) is 17.7 Å². The zero-order chi connectivity index (χ0) is 12.3. The highest BCUT2D eigenvalue weighted by Gasteiger charge is 2.31. The Labute approximate surface area is 89.0 Å². The molecule has 16 heavy (non-hydrogen) atoms. The zero-order valence-electron chi connectivity index (χ0n) is 8.14. The third-order valence-electron chi connectivity index (χ3n) is 1.80. The lowest BCUT2D eigenvalue weighted by Crippen LogP contribution is -2.10.